The minimum Gasteiger partial charge on any atom is -0.481 e. The van der Waals surface area contributed by atoms with Gasteiger partial charge in [-0.05, 0) is 17.7 Å². The molecule has 0 aliphatic heterocycles. The molecule has 2 rings (SSSR count). The first kappa shape index (κ1) is 13.3. The zero-order valence-electron chi connectivity index (χ0n) is 10.1. The lowest BCUT2D eigenvalue weighted by molar-refractivity contribution is 0.366. The van der Waals surface area contributed by atoms with Gasteiger partial charge in [-0.2, -0.15) is 14.4 Å². The van der Waals surface area contributed by atoms with Gasteiger partial charge in [0.15, 0.2) is 0 Å². The molecule has 0 saturated heterocycles. The number of hydrogen-bond donors (Lipinski definition) is 1. The van der Waals surface area contributed by atoms with Crippen molar-refractivity contribution < 1.29 is 13.9 Å². The van der Waals surface area contributed by atoms with Crippen molar-refractivity contribution >= 4 is 23.0 Å². The first-order chi connectivity index (χ1) is 9.13. The summed E-state index contributed by atoms with van der Waals surface area (Å²) in [4.78, 5) is 11.1. The minimum absolute atomic E-state index is 0.0645. The topological polar surface area (TPSA) is 69.2 Å². The van der Waals surface area contributed by atoms with Gasteiger partial charge in [0.1, 0.15) is 11.4 Å². The second-order valence-electron chi connectivity index (χ2n) is 3.38. The van der Waals surface area contributed by atoms with E-state index in [-0.39, 0.29) is 16.9 Å². The molecule has 0 aliphatic carbocycles. The van der Waals surface area contributed by atoms with Crippen LogP contribution in [0.15, 0.2) is 18.3 Å². The molecule has 0 aromatic carbocycles. The molecule has 0 aliphatic rings. The molecule has 19 heavy (non-hydrogen) atoms. The average molecular weight is 285 g/mol. The molecule has 0 fully saturated rings. The van der Waals surface area contributed by atoms with Crippen LogP contribution in [0.2, 0.25) is 5.28 Å². The molecule has 0 saturated carbocycles. The number of nitrogens with one attached hydrogen (secondary N) is 1. The highest BCUT2D eigenvalue weighted by molar-refractivity contribution is 6.28. The van der Waals surface area contributed by atoms with Gasteiger partial charge in [0.05, 0.1) is 20.4 Å². The number of aromatic nitrogens is 3. The third-order valence-electron chi connectivity index (χ3n) is 2.22. The summed E-state index contributed by atoms with van der Waals surface area (Å²) in [5, 5.41) is 2.60. The highest BCUT2D eigenvalue weighted by Gasteiger charge is 2.11. The summed E-state index contributed by atoms with van der Waals surface area (Å²) >= 11 is 5.47. The van der Waals surface area contributed by atoms with Gasteiger partial charge in [-0.1, -0.05) is 0 Å². The van der Waals surface area contributed by atoms with Gasteiger partial charge in [-0.15, -0.1) is 0 Å². The van der Waals surface area contributed by atoms with Crippen molar-refractivity contribution in [2.45, 2.75) is 0 Å². The van der Waals surface area contributed by atoms with Gasteiger partial charge in [-0.3, -0.25) is 0 Å². The second kappa shape index (κ2) is 5.66. The lowest BCUT2D eigenvalue weighted by Gasteiger charge is -2.11. The van der Waals surface area contributed by atoms with Crippen LogP contribution in [0.3, 0.4) is 0 Å². The number of hydrogen-bond acceptors (Lipinski definition) is 6. The smallest absolute Gasteiger partial charge is 0.240 e. The number of rotatable bonds is 4. The summed E-state index contributed by atoms with van der Waals surface area (Å²) in [5.41, 5.74) is 0.516. The van der Waals surface area contributed by atoms with Crippen molar-refractivity contribution in [3.05, 3.63) is 29.6 Å². The van der Waals surface area contributed by atoms with Crippen LogP contribution in [0.25, 0.3) is 0 Å². The number of ether oxygens (including phenoxy) is 2. The van der Waals surface area contributed by atoms with E-state index in [0.29, 0.717) is 11.6 Å². The van der Waals surface area contributed by atoms with Gasteiger partial charge < -0.3 is 14.8 Å². The molecule has 0 atom stereocenters. The summed E-state index contributed by atoms with van der Waals surface area (Å²) in [6.07, 6.45) is 1.23. The van der Waals surface area contributed by atoms with Crippen molar-refractivity contribution in [3.63, 3.8) is 0 Å². The molecule has 0 bridgehead atoms. The maximum Gasteiger partial charge on any atom is 0.240 e. The summed E-state index contributed by atoms with van der Waals surface area (Å²) in [6.45, 7) is 0. The Bertz CT molecular complexity index is 597. The molecule has 2 aromatic rings. The second-order valence-corrected chi connectivity index (χ2v) is 3.72. The Morgan fingerprint density at radius 2 is 1.95 bits per heavy atom. The standard InChI is InChI=1S/C11H10ClFN4O2/c1-18-8-4-3-6(10(16-8)19-2)15-7-5-14-11(12)17-9(7)13/h3-5,15H,1-2H3. The number of methoxy groups -OCH3 is 2. The molecule has 100 valence electrons. The Hall–Kier alpha value is -2.15. The predicted molar refractivity (Wildman–Crippen MR) is 67.6 cm³/mol. The minimum atomic E-state index is -0.766. The summed E-state index contributed by atoms with van der Waals surface area (Å²) in [7, 11) is 2.93. The van der Waals surface area contributed by atoms with E-state index in [2.05, 4.69) is 20.3 Å². The van der Waals surface area contributed by atoms with Crippen molar-refractivity contribution in [2.75, 3.05) is 19.5 Å². The molecule has 0 unspecified atom stereocenters. The van der Waals surface area contributed by atoms with Crippen molar-refractivity contribution in [3.8, 4) is 11.8 Å². The van der Waals surface area contributed by atoms with E-state index < -0.39 is 5.95 Å². The maximum atomic E-state index is 13.5. The largest absolute Gasteiger partial charge is 0.481 e. The average Bonchev–Trinajstić information content (AvgIpc) is 2.42. The Morgan fingerprint density at radius 1 is 1.16 bits per heavy atom. The van der Waals surface area contributed by atoms with Gasteiger partial charge in [0.25, 0.3) is 0 Å². The normalized spacial score (nSPS) is 10.1. The monoisotopic (exact) mass is 284 g/mol. The fourth-order valence-corrected chi connectivity index (χ4v) is 1.48. The molecular formula is C11H10ClFN4O2. The van der Waals surface area contributed by atoms with Crippen molar-refractivity contribution in [2.24, 2.45) is 0 Å². The van der Waals surface area contributed by atoms with Crippen LogP contribution in [0.4, 0.5) is 15.8 Å². The molecule has 2 heterocycles. The van der Waals surface area contributed by atoms with Crippen LogP contribution in [0.5, 0.6) is 11.8 Å². The van der Waals surface area contributed by atoms with Crippen molar-refractivity contribution in [1.82, 2.24) is 15.0 Å². The van der Waals surface area contributed by atoms with E-state index in [1.807, 2.05) is 0 Å². The SMILES string of the molecule is COc1ccc(Nc2cnc(Cl)nc2F)c(OC)n1. The lowest BCUT2D eigenvalue weighted by atomic mass is 10.3. The summed E-state index contributed by atoms with van der Waals surface area (Å²) < 4.78 is 23.6. The van der Waals surface area contributed by atoms with Crippen LogP contribution in [-0.4, -0.2) is 29.2 Å². The van der Waals surface area contributed by atoms with Gasteiger partial charge in [-0.25, -0.2) is 4.98 Å². The third kappa shape index (κ3) is 3.00. The van der Waals surface area contributed by atoms with Crippen LogP contribution < -0.4 is 14.8 Å². The number of halogens is 2. The highest BCUT2D eigenvalue weighted by atomic mass is 35.5. The zero-order chi connectivity index (χ0) is 13.8. The fraction of sp³-hybridized carbons (Fsp3) is 0.182. The Morgan fingerprint density at radius 3 is 2.58 bits per heavy atom. The van der Waals surface area contributed by atoms with Gasteiger partial charge in [0, 0.05) is 6.07 Å². The summed E-state index contributed by atoms with van der Waals surface area (Å²) in [6, 6.07) is 3.25. The molecular weight excluding hydrogens is 275 g/mol. The summed E-state index contributed by atoms with van der Waals surface area (Å²) in [5.74, 6) is -0.123. The van der Waals surface area contributed by atoms with Crippen LogP contribution >= 0.6 is 11.6 Å². The van der Waals surface area contributed by atoms with E-state index in [4.69, 9.17) is 21.1 Å². The molecule has 1 N–H and O–H groups in total. The third-order valence-corrected chi connectivity index (χ3v) is 2.40. The van der Waals surface area contributed by atoms with Gasteiger partial charge >= 0.3 is 0 Å². The van der Waals surface area contributed by atoms with Crippen LogP contribution in [-0.2, 0) is 0 Å². The number of anilines is 2. The Kier molecular flexibility index (Phi) is 3.96. The molecule has 0 amide bonds. The number of pyridine rings is 1. The quantitative estimate of drug-likeness (QED) is 0.687. The Labute approximate surface area is 113 Å². The molecule has 2 aromatic heterocycles. The molecule has 6 nitrogen and oxygen atoms in total. The van der Waals surface area contributed by atoms with E-state index >= 15 is 0 Å². The highest BCUT2D eigenvalue weighted by Crippen LogP contribution is 2.28. The molecule has 8 heteroatoms. The van der Waals surface area contributed by atoms with E-state index in [9.17, 15) is 4.39 Å². The first-order valence-electron chi connectivity index (χ1n) is 5.18. The van der Waals surface area contributed by atoms with Crippen LogP contribution in [0, 0.1) is 5.95 Å². The van der Waals surface area contributed by atoms with E-state index in [0.717, 1.165) is 0 Å². The molecule has 0 radical (unpaired) electrons. The van der Waals surface area contributed by atoms with Gasteiger partial charge in [0.2, 0.25) is 23.0 Å². The number of nitrogens with zero attached hydrogens (tertiary/aromatic N) is 3. The lowest BCUT2D eigenvalue weighted by Crippen LogP contribution is -2.01. The Balaban J connectivity index is 2.32. The first-order valence-corrected chi connectivity index (χ1v) is 5.56. The van der Waals surface area contributed by atoms with Crippen molar-refractivity contribution in [1.29, 1.82) is 0 Å². The predicted octanol–water partition coefficient (Wildman–Crippen LogP) is 2.42. The van der Waals surface area contributed by atoms with E-state index in [1.54, 1.807) is 12.1 Å². The maximum absolute atomic E-state index is 13.5. The van der Waals surface area contributed by atoms with E-state index in [1.165, 1.54) is 20.4 Å². The fourth-order valence-electron chi connectivity index (χ4n) is 1.36. The zero-order valence-corrected chi connectivity index (χ0v) is 10.9. The van der Waals surface area contributed by atoms with Crippen LogP contribution in [0.1, 0.15) is 0 Å². The molecule has 0 spiro atoms.